The predicted octanol–water partition coefficient (Wildman–Crippen LogP) is 8.19. The van der Waals surface area contributed by atoms with E-state index in [1.165, 1.54) is 5.56 Å². The molecule has 0 heterocycles. The van der Waals surface area contributed by atoms with E-state index >= 15 is 0 Å². The van der Waals surface area contributed by atoms with Crippen LogP contribution in [0.4, 0.5) is 0 Å². The summed E-state index contributed by atoms with van der Waals surface area (Å²) in [5.74, 6) is 4.22. The van der Waals surface area contributed by atoms with Crippen LogP contribution in [-0.2, 0) is 4.43 Å². The summed E-state index contributed by atoms with van der Waals surface area (Å²) in [5, 5.41) is 0.183. The van der Waals surface area contributed by atoms with E-state index < -0.39 is 16.4 Å². The van der Waals surface area contributed by atoms with Gasteiger partial charge in [0.25, 0.3) is 0 Å². The van der Waals surface area contributed by atoms with Gasteiger partial charge in [0.1, 0.15) is 8.07 Å². The number of hydrogen-bond donors (Lipinski definition) is 0. The molecule has 0 aromatic heterocycles. The smallest absolute Gasteiger partial charge is 0.192 e. The topological polar surface area (TPSA) is 9.23 Å². The van der Waals surface area contributed by atoms with Crippen LogP contribution in [0.3, 0.4) is 0 Å². The van der Waals surface area contributed by atoms with Crippen LogP contribution in [0.5, 0.6) is 0 Å². The van der Waals surface area contributed by atoms with E-state index in [-0.39, 0.29) is 17.1 Å². The van der Waals surface area contributed by atoms with Crippen molar-refractivity contribution in [2.45, 2.75) is 84.9 Å². The van der Waals surface area contributed by atoms with Crippen LogP contribution in [-0.4, -0.2) is 22.5 Å². The Morgan fingerprint density at radius 2 is 1.63 bits per heavy atom. The lowest BCUT2D eigenvalue weighted by molar-refractivity contribution is 0.0949. The van der Waals surface area contributed by atoms with Crippen LogP contribution in [0.1, 0.15) is 46.6 Å². The fourth-order valence-electron chi connectivity index (χ4n) is 3.02. The van der Waals surface area contributed by atoms with Gasteiger partial charge in [-0.15, -0.1) is 12.1 Å². The van der Waals surface area contributed by atoms with Crippen molar-refractivity contribution in [3.63, 3.8) is 0 Å². The summed E-state index contributed by atoms with van der Waals surface area (Å²) in [6, 6.07) is 10.6. The minimum absolute atomic E-state index is 0.149. The highest BCUT2D eigenvalue weighted by Gasteiger charge is 2.41. The molecule has 1 nitrogen and oxygen atoms in total. The van der Waals surface area contributed by atoms with Gasteiger partial charge in [-0.25, -0.2) is 0 Å². The Bertz CT molecular complexity index is 765. The second-order valence-corrected chi connectivity index (χ2v) is 20.7. The van der Waals surface area contributed by atoms with Crippen molar-refractivity contribution in [3.05, 3.63) is 54.6 Å². The molecule has 0 N–H and O–H groups in total. The summed E-state index contributed by atoms with van der Waals surface area (Å²) in [4.78, 5) is 0. The molecule has 30 heavy (non-hydrogen) atoms. The lowest BCUT2D eigenvalue weighted by Crippen LogP contribution is -2.47. The molecule has 0 aliphatic heterocycles. The van der Waals surface area contributed by atoms with E-state index in [0.717, 1.165) is 12.0 Å². The number of hydrogen-bond acceptors (Lipinski definition) is 1. The average Bonchev–Trinajstić information content (AvgIpc) is 2.61. The van der Waals surface area contributed by atoms with E-state index in [0.29, 0.717) is 5.92 Å². The molecule has 0 unspecified atom stereocenters. The van der Waals surface area contributed by atoms with Crippen molar-refractivity contribution >= 4 is 22.0 Å². The fraction of sp³-hybridized carbons (Fsp3) is 0.556. The van der Waals surface area contributed by atoms with Gasteiger partial charge in [0.05, 0.1) is 6.10 Å². The molecule has 0 fully saturated rings. The van der Waals surface area contributed by atoms with Crippen molar-refractivity contribution in [1.29, 1.82) is 0 Å². The molecule has 0 bridgehead atoms. The van der Waals surface area contributed by atoms with Crippen molar-refractivity contribution in [3.8, 4) is 11.5 Å². The third kappa shape index (κ3) is 8.42. The quantitative estimate of drug-likeness (QED) is 0.225. The van der Waals surface area contributed by atoms with Crippen LogP contribution in [0, 0.1) is 23.3 Å². The Balaban J connectivity index is 3.49. The van der Waals surface area contributed by atoms with E-state index in [4.69, 9.17) is 4.43 Å². The monoisotopic (exact) mass is 440 g/mol. The molecule has 0 amide bonds. The summed E-state index contributed by atoms with van der Waals surface area (Å²) in [5.41, 5.74) is 5.88. The molecular formula is C27H44OSi2. The lowest BCUT2D eigenvalue weighted by Gasteiger charge is -2.42. The SMILES string of the molecule is C=CC[C@@H](/C=C(\C#C[Si](C)(C)C)c1ccccc1)[C@@H](O[Si](C)(C)C(C)(C)C)C(C)C. The van der Waals surface area contributed by atoms with Gasteiger partial charge in [-0.05, 0) is 36.0 Å². The molecule has 0 aliphatic rings. The molecular weight excluding hydrogens is 396 g/mol. The third-order valence-corrected chi connectivity index (χ3v) is 11.1. The zero-order chi connectivity index (χ0) is 23.2. The second-order valence-electron chi connectivity index (χ2n) is 11.2. The van der Waals surface area contributed by atoms with Crippen molar-refractivity contribution in [1.82, 2.24) is 0 Å². The highest BCUT2D eigenvalue weighted by molar-refractivity contribution is 6.84. The maximum Gasteiger partial charge on any atom is 0.192 e. The first kappa shape index (κ1) is 26.7. The molecule has 0 saturated heterocycles. The van der Waals surface area contributed by atoms with Gasteiger partial charge in [-0.3, -0.25) is 0 Å². The number of allylic oxidation sites excluding steroid dienone is 2. The summed E-state index contributed by atoms with van der Waals surface area (Å²) < 4.78 is 6.97. The minimum atomic E-state index is -1.89. The van der Waals surface area contributed by atoms with E-state index in [2.05, 4.69) is 122 Å². The minimum Gasteiger partial charge on any atom is -0.413 e. The summed E-state index contributed by atoms with van der Waals surface area (Å²) in [6.45, 7) is 27.1. The normalized spacial score (nSPS) is 15.4. The molecule has 1 rings (SSSR count). The van der Waals surface area contributed by atoms with Gasteiger partial charge in [0.2, 0.25) is 0 Å². The van der Waals surface area contributed by atoms with Crippen LogP contribution in [0.2, 0.25) is 37.8 Å². The predicted molar refractivity (Wildman–Crippen MR) is 141 cm³/mol. The van der Waals surface area contributed by atoms with Crippen molar-refractivity contribution in [2.75, 3.05) is 0 Å². The molecule has 166 valence electrons. The second kappa shape index (κ2) is 10.8. The first-order valence-electron chi connectivity index (χ1n) is 11.3. The summed E-state index contributed by atoms with van der Waals surface area (Å²) in [6.07, 6.45) is 5.43. The van der Waals surface area contributed by atoms with Crippen molar-refractivity contribution < 1.29 is 4.43 Å². The van der Waals surface area contributed by atoms with Crippen molar-refractivity contribution in [2.24, 2.45) is 11.8 Å². The summed E-state index contributed by atoms with van der Waals surface area (Å²) in [7, 11) is -3.38. The number of rotatable bonds is 8. The largest absolute Gasteiger partial charge is 0.413 e. The van der Waals surface area contributed by atoms with Gasteiger partial charge in [0.15, 0.2) is 8.32 Å². The molecule has 1 aromatic rings. The molecule has 0 radical (unpaired) electrons. The van der Waals surface area contributed by atoms with Gasteiger partial charge < -0.3 is 4.43 Å². The average molecular weight is 441 g/mol. The van der Waals surface area contributed by atoms with Crippen LogP contribution >= 0.6 is 0 Å². The molecule has 0 aliphatic carbocycles. The van der Waals surface area contributed by atoms with Gasteiger partial charge in [0, 0.05) is 11.5 Å². The van der Waals surface area contributed by atoms with E-state index in [9.17, 15) is 0 Å². The van der Waals surface area contributed by atoms with Gasteiger partial charge in [-0.2, -0.15) is 0 Å². The Morgan fingerprint density at radius 1 is 1.07 bits per heavy atom. The standard InChI is InChI=1S/C27H44OSi2/c1-12-16-25(26(22(2)3)28-30(10,11)27(4,5)6)21-24(19-20-29(7,8)9)23-17-14-13-15-18-23/h12-15,17-18,21-22,25-26H,1,16H2,2-11H3/b24-21+/t25-,26-/m0/s1. The van der Waals surface area contributed by atoms with Crippen LogP contribution in [0.25, 0.3) is 5.57 Å². The van der Waals surface area contributed by atoms with E-state index in [1.807, 2.05) is 6.08 Å². The Labute approximate surface area is 189 Å². The highest BCUT2D eigenvalue weighted by atomic mass is 28.4. The maximum absolute atomic E-state index is 6.97. The molecule has 2 atom stereocenters. The fourth-order valence-corrected chi connectivity index (χ4v) is 5.01. The highest BCUT2D eigenvalue weighted by Crippen LogP contribution is 2.40. The van der Waals surface area contributed by atoms with Crippen LogP contribution < -0.4 is 0 Å². The zero-order valence-corrected chi connectivity index (χ0v) is 23.1. The number of benzene rings is 1. The molecule has 0 saturated carbocycles. The Morgan fingerprint density at radius 3 is 2.07 bits per heavy atom. The first-order valence-corrected chi connectivity index (χ1v) is 17.7. The molecule has 0 spiro atoms. The van der Waals surface area contributed by atoms with E-state index in [1.54, 1.807) is 0 Å². The van der Waals surface area contributed by atoms with Crippen LogP contribution in [0.15, 0.2) is 49.1 Å². The molecule has 3 heteroatoms. The lowest BCUT2D eigenvalue weighted by atomic mass is 9.88. The maximum atomic E-state index is 6.97. The van der Waals surface area contributed by atoms with Gasteiger partial charge >= 0.3 is 0 Å². The zero-order valence-electron chi connectivity index (χ0n) is 21.1. The van der Waals surface area contributed by atoms with Gasteiger partial charge in [-0.1, -0.05) is 103 Å². The Hall–Kier alpha value is -1.35. The third-order valence-electron chi connectivity index (χ3n) is 5.79. The first-order chi connectivity index (χ1) is 13.7. The summed E-state index contributed by atoms with van der Waals surface area (Å²) >= 11 is 0. The Kier molecular flexibility index (Phi) is 9.61. The molecule has 1 aromatic carbocycles.